The van der Waals surface area contributed by atoms with Crippen LogP contribution in [0.3, 0.4) is 0 Å². The summed E-state index contributed by atoms with van der Waals surface area (Å²) in [6.07, 6.45) is 0. The van der Waals surface area contributed by atoms with Gasteiger partial charge in [-0.25, -0.2) is 0 Å². The van der Waals surface area contributed by atoms with Crippen molar-refractivity contribution in [2.24, 2.45) is 25.6 Å². The smallest absolute Gasteiger partial charge is 0.301 e. The molecule has 2 N–H and O–H groups in total. The molecular formula is C17H11ClN6O3S. The minimum Gasteiger partial charge on any atom is -0.493 e. The third-order valence-electron chi connectivity index (χ3n) is 3.76. The van der Waals surface area contributed by atoms with Gasteiger partial charge in [-0.1, -0.05) is 23.7 Å². The Hall–Kier alpha value is -3.24. The van der Waals surface area contributed by atoms with Crippen LogP contribution < -0.4 is 0 Å². The summed E-state index contributed by atoms with van der Waals surface area (Å²) in [5.41, 5.74) is 0.519. The van der Waals surface area contributed by atoms with Crippen LogP contribution in [-0.2, 0) is 4.79 Å². The Balaban J connectivity index is 1.62. The Bertz CT molecular complexity index is 1120. The summed E-state index contributed by atoms with van der Waals surface area (Å²) in [7, 11) is 0. The van der Waals surface area contributed by atoms with Gasteiger partial charge in [-0.05, 0) is 48.2 Å². The fourth-order valence-corrected chi connectivity index (χ4v) is 3.23. The molecule has 3 aromatic rings. The van der Waals surface area contributed by atoms with Crippen molar-refractivity contribution in [3.63, 3.8) is 0 Å². The van der Waals surface area contributed by atoms with Gasteiger partial charge in [0.15, 0.2) is 0 Å². The van der Waals surface area contributed by atoms with Crippen LogP contribution >= 0.6 is 23.4 Å². The maximum atomic E-state index is 11.9. The first-order valence-electron chi connectivity index (χ1n) is 7.92. The molecule has 0 fully saturated rings. The van der Waals surface area contributed by atoms with Crippen LogP contribution in [0.15, 0.2) is 74.1 Å². The van der Waals surface area contributed by atoms with Crippen molar-refractivity contribution in [1.82, 2.24) is 4.68 Å². The molecule has 9 nitrogen and oxygen atoms in total. The van der Waals surface area contributed by atoms with Gasteiger partial charge in [-0.15, -0.1) is 15.3 Å². The molecule has 1 unspecified atom stereocenters. The number of aromatic hydroxyl groups is 2. The van der Waals surface area contributed by atoms with Crippen molar-refractivity contribution in [2.75, 3.05) is 0 Å². The number of amidine groups is 1. The van der Waals surface area contributed by atoms with Gasteiger partial charge in [0.1, 0.15) is 0 Å². The fraction of sp³-hybridized carbons (Fsp3) is 0.0588. The molecule has 2 aromatic carbocycles. The third-order valence-corrected chi connectivity index (χ3v) is 4.91. The first-order chi connectivity index (χ1) is 13.5. The number of hydrogen-bond donors (Lipinski definition) is 2. The normalized spacial score (nSPS) is 18.5. The molecule has 1 aliphatic rings. The number of rotatable bonds is 3. The predicted molar refractivity (Wildman–Crippen MR) is 105 cm³/mol. The molecule has 140 valence electrons. The largest absolute Gasteiger partial charge is 0.493 e. The molecule has 0 saturated carbocycles. The number of azo groups is 2. The zero-order valence-electron chi connectivity index (χ0n) is 14.0. The van der Waals surface area contributed by atoms with Gasteiger partial charge < -0.3 is 10.2 Å². The average Bonchev–Trinajstić information content (AvgIpc) is 2.95. The van der Waals surface area contributed by atoms with Crippen molar-refractivity contribution in [3.8, 4) is 11.8 Å². The maximum absolute atomic E-state index is 11.9. The highest BCUT2D eigenvalue weighted by Crippen LogP contribution is 2.36. The highest BCUT2D eigenvalue weighted by molar-refractivity contribution is 8.15. The van der Waals surface area contributed by atoms with Crippen LogP contribution in [0.1, 0.15) is 0 Å². The van der Waals surface area contributed by atoms with E-state index in [1.807, 2.05) is 0 Å². The Kier molecular flexibility index (Phi) is 4.80. The van der Waals surface area contributed by atoms with Crippen LogP contribution in [0.4, 0.5) is 5.69 Å². The second kappa shape index (κ2) is 7.41. The van der Waals surface area contributed by atoms with Crippen molar-refractivity contribution in [3.05, 3.63) is 53.6 Å². The standard InChI is InChI=1S/C17H11ClN6O3S/c18-9-5-7-10(8-6-9)19-21-14-13(25)20-22-17(28-14)23-24-15(26)11-3-1-2-4-12(11)16(24)27/h1-8,14,26-27H/b21-19?,23-17+. The molecule has 1 aliphatic heterocycles. The lowest BCUT2D eigenvalue weighted by atomic mass is 10.2. The molecule has 2 heterocycles. The summed E-state index contributed by atoms with van der Waals surface area (Å²) in [6.45, 7) is 0. The molecule has 0 radical (unpaired) electrons. The molecule has 0 bridgehead atoms. The lowest BCUT2D eigenvalue weighted by molar-refractivity contribution is -0.117. The molecule has 11 heteroatoms. The number of aromatic nitrogens is 1. The molecule has 1 aromatic heterocycles. The Labute approximate surface area is 167 Å². The minimum atomic E-state index is -0.985. The Morgan fingerprint density at radius 1 is 1.00 bits per heavy atom. The maximum Gasteiger partial charge on any atom is 0.301 e. The van der Waals surface area contributed by atoms with E-state index in [1.165, 1.54) is 0 Å². The van der Waals surface area contributed by atoms with E-state index in [0.717, 1.165) is 16.4 Å². The number of amides is 1. The van der Waals surface area contributed by atoms with Crippen LogP contribution in [-0.4, -0.2) is 31.3 Å². The van der Waals surface area contributed by atoms with Gasteiger partial charge in [0.05, 0.1) is 5.69 Å². The third kappa shape index (κ3) is 3.47. The van der Waals surface area contributed by atoms with Crippen molar-refractivity contribution in [2.45, 2.75) is 5.37 Å². The van der Waals surface area contributed by atoms with Gasteiger partial charge in [0, 0.05) is 15.8 Å². The van der Waals surface area contributed by atoms with E-state index in [2.05, 4.69) is 25.6 Å². The quantitative estimate of drug-likeness (QED) is 0.604. The summed E-state index contributed by atoms with van der Waals surface area (Å²) < 4.78 is 0.926. The molecule has 28 heavy (non-hydrogen) atoms. The molecule has 0 spiro atoms. The number of fused-ring (bicyclic) bond motifs is 1. The number of hydrogen-bond acceptors (Lipinski definition) is 7. The molecule has 1 amide bonds. The van der Waals surface area contributed by atoms with Crippen molar-refractivity contribution in [1.29, 1.82) is 0 Å². The van der Waals surface area contributed by atoms with E-state index < -0.39 is 11.3 Å². The fourth-order valence-electron chi connectivity index (χ4n) is 2.44. The number of thioether (sulfide) groups is 1. The topological polar surface area (TPSA) is 124 Å². The van der Waals surface area contributed by atoms with E-state index in [-0.39, 0.29) is 16.9 Å². The van der Waals surface area contributed by atoms with Crippen molar-refractivity contribution < 1.29 is 15.0 Å². The summed E-state index contributed by atoms with van der Waals surface area (Å²) >= 11 is 6.71. The Morgan fingerprint density at radius 3 is 2.29 bits per heavy atom. The van der Waals surface area contributed by atoms with Gasteiger partial charge in [-0.3, -0.25) is 4.79 Å². The van der Waals surface area contributed by atoms with Gasteiger partial charge in [0.25, 0.3) is 0 Å². The monoisotopic (exact) mass is 414 g/mol. The molecule has 4 rings (SSSR count). The van der Waals surface area contributed by atoms with Crippen LogP contribution in [0, 0.1) is 0 Å². The first-order valence-corrected chi connectivity index (χ1v) is 9.17. The van der Waals surface area contributed by atoms with Crippen molar-refractivity contribution >= 4 is 50.9 Å². The minimum absolute atomic E-state index is 0.0329. The zero-order valence-corrected chi connectivity index (χ0v) is 15.5. The summed E-state index contributed by atoms with van der Waals surface area (Å²) in [4.78, 5) is 11.9. The number of carbonyl (C=O) groups is 1. The molecule has 0 saturated heterocycles. The highest BCUT2D eigenvalue weighted by Gasteiger charge is 2.27. The predicted octanol–water partition coefficient (Wildman–Crippen LogP) is 4.66. The number of halogens is 1. The average molecular weight is 415 g/mol. The van der Waals surface area contributed by atoms with Gasteiger partial charge in [0.2, 0.25) is 22.3 Å². The number of carbonyl (C=O) groups excluding carboxylic acids is 1. The SMILES string of the molecule is O=C1N=N/C(=N\n2c(O)c3ccccc3c2O)SC1N=Nc1ccc(Cl)cc1. The van der Waals surface area contributed by atoms with Crippen LogP contribution in [0.5, 0.6) is 11.8 Å². The van der Waals surface area contributed by atoms with E-state index in [0.29, 0.717) is 21.5 Å². The van der Waals surface area contributed by atoms with E-state index in [4.69, 9.17) is 11.6 Å². The zero-order chi connectivity index (χ0) is 19.7. The van der Waals surface area contributed by atoms with Gasteiger partial charge in [-0.2, -0.15) is 14.9 Å². The molecule has 0 aliphatic carbocycles. The summed E-state index contributed by atoms with van der Waals surface area (Å²) in [5.74, 6) is -1.10. The van der Waals surface area contributed by atoms with E-state index >= 15 is 0 Å². The van der Waals surface area contributed by atoms with Crippen LogP contribution in [0.2, 0.25) is 5.02 Å². The number of benzene rings is 2. The van der Waals surface area contributed by atoms with E-state index in [9.17, 15) is 15.0 Å². The summed E-state index contributed by atoms with van der Waals surface area (Å²) in [5, 5.41) is 40.3. The highest BCUT2D eigenvalue weighted by atomic mass is 35.5. The van der Waals surface area contributed by atoms with E-state index in [1.54, 1.807) is 48.5 Å². The second-order valence-electron chi connectivity index (χ2n) is 5.59. The second-order valence-corrected chi connectivity index (χ2v) is 7.07. The Morgan fingerprint density at radius 2 is 1.64 bits per heavy atom. The number of nitrogens with zero attached hydrogens (tertiary/aromatic N) is 6. The molecule has 1 atom stereocenters. The van der Waals surface area contributed by atoms with Gasteiger partial charge >= 0.3 is 5.91 Å². The lowest BCUT2D eigenvalue weighted by Crippen LogP contribution is -2.18. The first kappa shape index (κ1) is 18.1. The van der Waals surface area contributed by atoms with Crippen LogP contribution in [0.25, 0.3) is 10.8 Å². The summed E-state index contributed by atoms with van der Waals surface area (Å²) in [6, 6.07) is 13.3. The lowest BCUT2D eigenvalue weighted by Gasteiger charge is -2.10. The molecular weight excluding hydrogens is 404 g/mol.